The molecule has 1 aromatic rings. The third-order valence-corrected chi connectivity index (χ3v) is 4.71. The first-order chi connectivity index (χ1) is 11.5. The van der Waals surface area contributed by atoms with Crippen LogP contribution < -0.4 is 4.74 Å². The van der Waals surface area contributed by atoms with Crippen molar-refractivity contribution < 1.29 is 23.9 Å². The SMILES string of the molecule is CC(=O)c1ccc(OC(=O)CN2C(=O)[C@H]3CCCC[C@@H]3C2=O)cc1. The van der Waals surface area contributed by atoms with E-state index in [0.717, 1.165) is 17.7 Å². The second-order valence-electron chi connectivity index (χ2n) is 6.31. The predicted octanol–water partition coefficient (Wildman–Crippen LogP) is 1.97. The van der Waals surface area contributed by atoms with Gasteiger partial charge in [-0.1, -0.05) is 12.8 Å². The van der Waals surface area contributed by atoms with E-state index in [1.54, 1.807) is 12.1 Å². The fraction of sp³-hybridized carbons (Fsp3) is 0.444. The van der Waals surface area contributed by atoms with Crippen LogP contribution in [0.4, 0.5) is 0 Å². The van der Waals surface area contributed by atoms with Gasteiger partial charge in [-0.3, -0.25) is 19.3 Å². The third-order valence-electron chi connectivity index (χ3n) is 4.71. The van der Waals surface area contributed by atoms with E-state index in [1.807, 2.05) is 0 Å². The number of likely N-dealkylation sites (tertiary alicyclic amines) is 1. The van der Waals surface area contributed by atoms with E-state index in [1.165, 1.54) is 19.1 Å². The first-order valence-electron chi connectivity index (χ1n) is 8.14. The maximum absolute atomic E-state index is 12.3. The molecule has 0 bridgehead atoms. The van der Waals surface area contributed by atoms with E-state index in [4.69, 9.17) is 4.74 Å². The molecule has 0 unspecified atom stereocenters. The van der Waals surface area contributed by atoms with Gasteiger partial charge >= 0.3 is 5.97 Å². The molecule has 1 saturated heterocycles. The van der Waals surface area contributed by atoms with Crippen LogP contribution in [0.5, 0.6) is 5.75 Å². The lowest BCUT2D eigenvalue weighted by atomic mass is 9.81. The summed E-state index contributed by atoms with van der Waals surface area (Å²) in [6.45, 7) is 1.09. The molecule has 1 saturated carbocycles. The van der Waals surface area contributed by atoms with Crippen LogP contribution in [-0.4, -0.2) is 35.0 Å². The molecule has 2 aliphatic rings. The molecule has 1 aliphatic heterocycles. The highest BCUT2D eigenvalue weighted by molar-refractivity contribution is 6.07. The molecule has 1 aliphatic carbocycles. The number of amides is 2. The van der Waals surface area contributed by atoms with Crippen molar-refractivity contribution in [1.29, 1.82) is 0 Å². The first kappa shape index (κ1) is 16.4. The summed E-state index contributed by atoms with van der Waals surface area (Å²) in [6.07, 6.45) is 3.32. The quantitative estimate of drug-likeness (QED) is 0.365. The number of nitrogens with zero attached hydrogens (tertiary/aromatic N) is 1. The van der Waals surface area contributed by atoms with E-state index >= 15 is 0 Å². The van der Waals surface area contributed by atoms with Crippen LogP contribution in [0.3, 0.4) is 0 Å². The largest absolute Gasteiger partial charge is 0.425 e. The second kappa shape index (κ2) is 6.55. The number of carbonyl (C=O) groups is 4. The highest BCUT2D eigenvalue weighted by atomic mass is 16.5. The molecule has 0 N–H and O–H groups in total. The maximum atomic E-state index is 12.3. The highest BCUT2D eigenvalue weighted by Gasteiger charge is 2.48. The van der Waals surface area contributed by atoms with Crippen molar-refractivity contribution in [2.24, 2.45) is 11.8 Å². The molecule has 0 radical (unpaired) electrons. The number of ketones is 1. The number of imide groups is 1. The van der Waals surface area contributed by atoms with Gasteiger partial charge in [0.25, 0.3) is 0 Å². The van der Waals surface area contributed by atoms with Crippen LogP contribution in [0.15, 0.2) is 24.3 Å². The Hall–Kier alpha value is -2.50. The molecule has 1 aromatic carbocycles. The van der Waals surface area contributed by atoms with Crippen LogP contribution in [-0.2, 0) is 14.4 Å². The number of hydrogen-bond donors (Lipinski definition) is 0. The highest BCUT2D eigenvalue weighted by Crippen LogP contribution is 2.37. The van der Waals surface area contributed by atoms with Gasteiger partial charge in [0.2, 0.25) is 11.8 Å². The maximum Gasteiger partial charge on any atom is 0.331 e. The van der Waals surface area contributed by atoms with Gasteiger partial charge in [-0.2, -0.15) is 0 Å². The molecule has 0 aromatic heterocycles. The van der Waals surface area contributed by atoms with Crippen molar-refractivity contribution in [2.45, 2.75) is 32.6 Å². The van der Waals surface area contributed by atoms with E-state index in [-0.39, 0.29) is 41.7 Å². The molecule has 2 fully saturated rings. The molecule has 3 rings (SSSR count). The van der Waals surface area contributed by atoms with Crippen LogP contribution in [0.2, 0.25) is 0 Å². The number of hydrogen-bond acceptors (Lipinski definition) is 5. The van der Waals surface area contributed by atoms with Crippen molar-refractivity contribution in [1.82, 2.24) is 4.90 Å². The summed E-state index contributed by atoms with van der Waals surface area (Å²) in [5.74, 6) is -1.51. The third kappa shape index (κ3) is 3.09. The molecule has 6 nitrogen and oxygen atoms in total. The van der Waals surface area contributed by atoms with Crippen molar-refractivity contribution in [2.75, 3.05) is 6.54 Å². The summed E-state index contributed by atoms with van der Waals surface area (Å²) < 4.78 is 5.16. The minimum Gasteiger partial charge on any atom is -0.425 e. The Balaban J connectivity index is 1.63. The lowest BCUT2D eigenvalue weighted by molar-refractivity contribution is -0.148. The average molecular weight is 329 g/mol. The monoisotopic (exact) mass is 329 g/mol. The molecule has 24 heavy (non-hydrogen) atoms. The summed E-state index contributed by atoms with van der Waals surface area (Å²) in [4.78, 5) is 48.9. The summed E-state index contributed by atoms with van der Waals surface area (Å²) in [5.41, 5.74) is 0.517. The molecule has 6 heteroatoms. The Bertz CT molecular complexity index is 670. The molecular weight excluding hydrogens is 310 g/mol. The fourth-order valence-electron chi connectivity index (χ4n) is 3.44. The molecule has 0 spiro atoms. The summed E-state index contributed by atoms with van der Waals surface area (Å²) in [5, 5.41) is 0. The lowest BCUT2D eigenvalue weighted by Gasteiger charge is -2.19. The molecule has 126 valence electrons. The van der Waals surface area contributed by atoms with Gasteiger partial charge in [0.05, 0.1) is 11.8 Å². The predicted molar refractivity (Wildman–Crippen MR) is 84.2 cm³/mol. The van der Waals surface area contributed by atoms with Gasteiger partial charge in [-0.15, -0.1) is 0 Å². The smallest absolute Gasteiger partial charge is 0.331 e. The summed E-state index contributed by atoms with van der Waals surface area (Å²) >= 11 is 0. The zero-order chi connectivity index (χ0) is 17.3. The Labute approximate surface area is 139 Å². The van der Waals surface area contributed by atoms with E-state index < -0.39 is 5.97 Å². The van der Waals surface area contributed by atoms with Crippen LogP contribution in [0.1, 0.15) is 43.0 Å². The Kier molecular flexibility index (Phi) is 4.46. The van der Waals surface area contributed by atoms with Crippen molar-refractivity contribution >= 4 is 23.6 Å². The van der Waals surface area contributed by atoms with Gasteiger partial charge < -0.3 is 4.74 Å². The van der Waals surface area contributed by atoms with E-state index in [2.05, 4.69) is 0 Å². The number of esters is 1. The fourth-order valence-corrected chi connectivity index (χ4v) is 3.44. The van der Waals surface area contributed by atoms with Crippen molar-refractivity contribution in [3.8, 4) is 5.75 Å². The molecule has 1 heterocycles. The van der Waals surface area contributed by atoms with Crippen molar-refractivity contribution in [3.05, 3.63) is 29.8 Å². The number of Topliss-reactive ketones (excluding diaryl/α,β-unsaturated/α-hetero) is 1. The lowest BCUT2D eigenvalue weighted by Crippen LogP contribution is -2.37. The molecule has 2 amide bonds. The Morgan fingerprint density at radius 2 is 1.58 bits per heavy atom. The van der Waals surface area contributed by atoms with Gasteiger partial charge in [-0.05, 0) is 44.0 Å². The van der Waals surface area contributed by atoms with Crippen LogP contribution in [0, 0.1) is 11.8 Å². The average Bonchev–Trinajstić information content (AvgIpc) is 2.81. The van der Waals surface area contributed by atoms with Crippen molar-refractivity contribution in [3.63, 3.8) is 0 Å². The second-order valence-corrected chi connectivity index (χ2v) is 6.31. The number of ether oxygens (including phenoxy) is 1. The summed E-state index contributed by atoms with van der Waals surface area (Å²) in [7, 11) is 0. The first-order valence-corrected chi connectivity index (χ1v) is 8.14. The zero-order valence-corrected chi connectivity index (χ0v) is 13.5. The number of carbonyl (C=O) groups excluding carboxylic acids is 4. The normalized spacial score (nSPS) is 23.1. The summed E-state index contributed by atoms with van der Waals surface area (Å²) in [6, 6.07) is 6.15. The van der Waals surface area contributed by atoms with Gasteiger partial charge in [-0.25, -0.2) is 4.79 Å². The Morgan fingerprint density at radius 3 is 2.08 bits per heavy atom. The topological polar surface area (TPSA) is 80.8 Å². The van der Waals surface area contributed by atoms with Crippen LogP contribution >= 0.6 is 0 Å². The standard InChI is InChI=1S/C18H19NO5/c1-11(20)12-6-8-13(9-7-12)24-16(21)10-19-17(22)14-4-2-3-5-15(14)18(19)23/h6-9,14-15H,2-5,10H2,1H3/t14-,15-/m0/s1. The van der Waals surface area contributed by atoms with E-state index in [9.17, 15) is 19.2 Å². The van der Waals surface area contributed by atoms with Gasteiger partial charge in [0, 0.05) is 5.56 Å². The molecule has 2 atom stereocenters. The van der Waals surface area contributed by atoms with Gasteiger partial charge in [0.15, 0.2) is 5.78 Å². The number of fused-ring (bicyclic) bond motifs is 1. The zero-order valence-electron chi connectivity index (χ0n) is 13.5. The molecular formula is C18H19NO5. The number of benzene rings is 1. The number of rotatable bonds is 4. The Morgan fingerprint density at radius 1 is 1.04 bits per heavy atom. The minimum absolute atomic E-state index is 0.0799. The van der Waals surface area contributed by atoms with Gasteiger partial charge in [0.1, 0.15) is 12.3 Å². The van der Waals surface area contributed by atoms with E-state index in [0.29, 0.717) is 18.4 Å². The minimum atomic E-state index is -0.661. The van der Waals surface area contributed by atoms with Crippen LogP contribution in [0.25, 0.3) is 0 Å².